The van der Waals surface area contributed by atoms with E-state index in [9.17, 15) is 4.79 Å². The van der Waals surface area contributed by atoms with Gasteiger partial charge in [0.25, 0.3) is 0 Å². The maximum atomic E-state index is 11.5. The maximum absolute atomic E-state index is 11.5. The third-order valence-corrected chi connectivity index (χ3v) is 2.91. The van der Waals surface area contributed by atoms with Crippen LogP contribution < -0.4 is 0 Å². The summed E-state index contributed by atoms with van der Waals surface area (Å²) in [5.74, 6) is -0.290. The molecule has 0 saturated carbocycles. The Morgan fingerprint density at radius 1 is 0.950 bits per heavy atom. The van der Waals surface area contributed by atoms with E-state index in [1.807, 2.05) is 48.5 Å². The van der Waals surface area contributed by atoms with E-state index in [2.05, 4.69) is 12.1 Å². The third-order valence-electron chi connectivity index (χ3n) is 2.91. The van der Waals surface area contributed by atoms with Crippen LogP contribution in [0.1, 0.15) is 17.5 Å². The van der Waals surface area contributed by atoms with Crippen molar-refractivity contribution in [3.05, 3.63) is 77.9 Å². The molecule has 2 rings (SSSR count). The van der Waals surface area contributed by atoms with Gasteiger partial charge in [0.15, 0.2) is 0 Å². The highest BCUT2D eigenvalue weighted by Gasteiger charge is 1.97. The zero-order valence-corrected chi connectivity index (χ0v) is 11.4. The number of aryl methyl sites for hydroxylation is 1. The summed E-state index contributed by atoms with van der Waals surface area (Å²) in [5.41, 5.74) is 2.26. The van der Waals surface area contributed by atoms with Gasteiger partial charge in [0.2, 0.25) is 0 Å². The topological polar surface area (TPSA) is 26.3 Å². The molecule has 0 fully saturated rings. The molecular formula is C18H18O2. The van der Waals surface area contributed by atoms with Crippen molar-refractivity contribution in [2.24, 2.45) is 0 Å². The predicted molar refractivity (Wildman–Crippen MR) is 81.2 cm³/mol. The molecule has 20 heavy (non-hydrogen) atoms. The molecule has 0 saturated heterocycles. The molecule has 2 nitrogen and oxygen atoms in total. The minimum absolute atomic E-state index is 0.290. The Labute approximate surface area is 119 Å². The van der Waals surface area contributed by atoms with E-state index in [0.29, 0.717) is 6.61 Å². The molecule has 0 aliphatic carbocycles. The largest absolute Gasteiger partial charge is 0.463 e. The molecule has 0 N–H and O–H groups in total. The highest BCUT2D eigenvalue weighted by molar-refractivity contribution is 5.86. The van der Waals surface area contributed by atoms with Crippen molar-refractivity contribution in [1.82, 2.24) is 0 Å². The second-order valence-corrected chi connectivity index (χ2v) is 4.50. The Bertz CT molecular complexity index is 544. The number of esters is 1. The molecule has 0 amide bonds. The first-order valence-corrected chi connectivity index (χ1v) is 6.78. The summed E-state index contributed by atoms with van der Waals surface area (Å²) in [6, 6.07) is 19.9. The number of ether oxygens (including phenoxy) is 1. The number of benzene rings is 2. The van der Waals surface area contributed by atoms with E-state index in [0.717, 1.165) is 18.4 Å². The molecule has 0 radical (unpaired) electrons. The van der Waals surface area contributed by atoms with Gasteiger partial charge in [-0.3, -0.25) is 0 Å². The lowest BCUT2D eigenvalue weighted by Gasteiger charge is -2.02. The van der Waals surface area contributed by atoms with Crippen LogP contribution in [-0.2, 0) is 16.0 Å². The molecule has 0 bridgehead atoms. The minimum Gasteiger partial charge on any atom is -0.463 e. The lowest BCUT2D eigenvalue weighted by atomic mass is 10.1. The molecule has 0 atom stereocenters. The fraction of sp³-hybridized carbons (Fsp3) is 0.167. The van der Waals surface area contributed by atoms with Gasteiger partial charge in [-0.25, -0.2) is 4.79 Å². The Hall–Kier alpha value is -2.35. The zero-order valence-electron chi connectivity index (χ0n) is 11.4. The van der Waals surface area contributed by atoms with Crippen molar-refractivity contribution in [2.75, 3.05) is 6.61 Å². The molecule has 0 aliphatic rings. The number of hydrogen-bond acceptors (Lipinski definition) is 2. The Morgan fingerprint density at radius 3 is 2.30 bits per heavy atom. The molecule has 0 spiro atoms. The molecule has 0 aliphatic heterocycles. The van der Waals surface area contributed by atoms with Crippen LogP contribution in [0.3, 0.4) is 0 Å². The summed E-state index contributed by atoms with van der Waals surface area (Å²) in [7, 11) is 0. The number of rotatable bonds is 6. The van der Waals surface area contributed by atoms with Crippen molar-refractivity contribution in [3.8, 4) is 0 Å². The Balaban J connectivity index is 1.67. The normalized spacial score (nSPS) is 10.6. The summed E-state index contributed by atoms with van der Waals surface area (Å²) in [4.78, 5) is 11.5. The average molecular weight is 266 g/mol. The van der Waals surface area contributed by atoms with Gasteiger partial charge in [-0.05, 0) is 30.0 Å². The lowest BCUT2D eigenvalue weighted by molar-refractivity contribution is -0.137. The maximum Gasteiger partial charge on any atom is 0.330 e. The summed E-state index contributed by atoms with van der Waals surface area (Å²) >= 11 is 0. The molecule has 0 aromatic heterocycles. The molecule has 102 valence electrons. The van der Waals surface area contributed by atoms with Crippen molar-refractivity contribution >= 4 is 12.0 Å². The fourth-order valence-corrected chi connectivity index (χ4v) is 1.87. The van der Waals surface area contributed by atoms with E-state index in [1.165, 1.54) is 11.6 Å². The zero-order chi connectivity index (χ0) is 14.0. The summed E-state index contributed by atoms with van der Waals surface area (Å²) in [6.07, 6.45) is 5.00. The van der Waals surface area contributed by atoms with Crippen molar-refractivity contribution in [2.45, 2.75) is 12.8 Å². The van der Waals surface area contributed by atoms with Gasteiger partial charge < -0.3 is 4.74 Å². The Morgan fingerprint density at radius 2 is 1.60 bits per heavy atom. The number of carbonyl (C=O) groups is 1. The van der Waals surface area contributed by atoms with Crippen LogP contribution in [0.4, 0.5) is 0 Å². The molecular weight excluding hydrogens is 248 g/mol. The van der Waals surface area contributed by atoms with Gasteiger partial charge in [0.1, 0.15) is 0 Å². The quantitative estimate of drug-likeness (QED) is 0.450. The van der Waals surface area contributed by atoms with E-state index < -0.39 is 0 Å². The summed E-state index contributed by atoms with van der Waals surface area (Å²) in [5, 5.41) is 0. The van der Waals surface area contributed by atoms with E-state index in [4.69, 9.17) is 4.74 Å². The van der Waals surface area contributed by atoms with Crippen LogP contribution in [0, 0.1) is 0 Å². The lowest BCUT2D eigenvalue weighted by Crippen LogP contribution is -2.03. The first kappa shape index (κ1) is 14.1. The van der Waals surface area contributed by atoms with Gasteiger partial charge in [-0.15, -0.1) is 0 Å². The molecule has 2 aromatic carbocycles. The van der Waals surface area contributed by atoms with Crippen molar-refractivity contribution in [3.63, 3.8) is 0 Å². The van der Waals surface area contributed by atoms with Gasteiger partial charge in [0.05, 0.1) is 6.61 Å². The standard InChI is InChI=1S/C18H18O2/c19-18(14-13-17-10-5-2-6-11-17)20-15-7-12-16-8-3-1-4-9-16/h1-6,8-11,13-14H,7,12,15H2/b14-13+. The first-order valence-electron chi connectivity index (χ1n) is 6.78. The predicted octanol–water partition coefficient (Wildman–Crippen LogP) is 3.88. The van der Waals surface area contributed by atoms with Crippen LogP contribution in [0.15, 0.2) is 66.7 Å². The van der Waals surface area contributed by atoms with Crippen molar-refractivity contribution in [1.29, 1.82) is 0 Å². The summed E-state index contributed by atoms with van der Waals surface area (Å²) < 4.78 is 5.16. The third kappa shape index (κ3) is 5.11. The highest BCUT2D eigenvalue weighted by atomic mass is 16.5. The van der Waals surface area contributed by atoms with Crippen LogP contribution in [0.5, 0.6) is 0 Å². The van der Waals surface area contributed by atoms with Crippen molar-refractivity contribution < 1.29 is 9.53 Å². The minimum atomic E-state index is -0.290. The van der Waals surface area contributed by atoms with Crippen LogP contribution >= 0.6 is 0 Å². The molecule has 0 heterocycles. The van der Waals surface area contributed by atoms with Gasteiger partial charge >= 0.3 is 5.97 Å². The number of carbonyl (C=O) groups excluding carboxylic acids is 1. The summed E-state index contributed by atoms with van der Waals surface area (Å²) in [6.45, 7) is 0.451. The van der Waals surface area contributed by atoms with Crippen LogP contribution in [0.25, 0.3) is 6.08 Å². The average Bonchev–Trinajstić information content (AvgIpc) is 2.52. The second-order valence-electron chi connectivity index (χ2n) is 4.50. The van der Waals surface area contributed by atoms with Gasteiger partial charge in [-0.2, -0.15) is 0 Å². The SMILES string of the molecule is O=C(/C=C/c1ccccc1)OCCCc1ccccc1. The molecule has 0 unspecified atom stereocenters. The number of hydrogen-bond donors (Lipinski definition) is 0. The van der Waals surface area contributed by atoms with E-state index in [1.54, 1.807) is 6.08 Å². The Kier molecular flexibility index (Phi) is 5.59. The molecule has 2 heteroatoms. The van der Waals surface area contributed by atoms with Crippen LogP contribution in [-0.4, -0.2) is 12.6 Å². The smallest absolute Gasteiger partial charge is 0.330 e. The first-order chi connectivity index (χ1) is 9.84. The second kappa shape index (κ2) is 7.95. The van der Waals surface area contributed by atoms with E-state index in [-0.39, 0.29) is 5.97 Å². The molecule has 2 aromatic rings. The van der Waals surface area contributed by atoms with Crippen LogP contribution in [0.2, 0.25) is 0 Å². The highest BCUT2D eigenvalue weighted by Crippen LogP contribution is 2.03. The monoisotopic (exact) mass is 266 g/mol. The van der Waals surface area contributed by atoms with E-state index >= 15 is 0 Å². The van der Waals surface area contributed by atoms with Gasteiger partial charge in [-0.1, -0.05) is 60.7 Å². The fourth-order valence-electron chi connectivity index (χ4n) is 1.87. The van der Waals surface area contributed by atoms with Gasteiger partial charge in [0, 0.05) is 6.08 Å².